The van der Waals surface area contributed by atoms with E-state index in [-0.39, 0.29) is 24.5 Å². The van der Waals surface area contributed by atoms with E-state index < -0.39 is 18.0 Å². The molecule has 1 amide bonds. The van der Waals surface area contributed by atoms with Gasteiger partial charge in [0.15, 0.2) is 5.82 Å². The minimum absolute atomic E-state index is 0.206. The number of methoxy groups -OCH3 is 1. The molecular weight excluding hydrogens is 372 g/mol. The molecule has 28 heavy (non-hydrogen) atoms. The molecule has 9 nitrogen and oxygen atoms in total. The summed E-state index contributed by atoms with van der Waals surface area (Å²) >= 11 is 0. The highest BCUT2D eigenvalue weighted by Crippen LogP contribution is 2.23. The maximum absolute atomic E-state index is 13.3. The van der Waals surface area contributed by atoms with Crippen molar-refractivity contribution in [3.8, 4) is 11.5 Å². The van der Waals surface area contributed by atoms with Crippen LogP contribution in [0.5, 0.6) is 0 Å². The number of anilines is 1. The molecule has 0 aliphatic heterocycles. The summed E-state index contributed by atoms with van der Waals surface area (Å²) in [7, 11) is 1.49. The SMILES string of the molecule is CCn1cnnc1-c1cccc(NC(=O)c2cn(CCOC)nc2C(F)F)n1. The van der Waals surface area contributed by atoms with E-state index in [1.165, 1.54) is 18.0 Å². The van der Waals surface area contributed by atoms with Gasteiger partial charge in [-0.15, -0.1) is 10.2 Å². The number of nitrogens with one attached hydrogen (secondary N) is 1. The Kier molecular flexibility index (Phi) is 6.04. The van der Waals surface area contributed by atoms with Gasteiger partial charge in [0, 0.05) is 19.9 Å². The van der Waals surface area contributed by atoms with Gasteiger partial charge in [-0.2, -0.15) is 5.10 Å². The number of pyridine rings is 1. The molecule has 3 heterocycles. The first kappa shape index (κ1) is 19.5. The second kappa shape index (κ2) is 8.65. The molecular formula is C17H19F2N7O2. The van der Waals surface area contributed by atoms with Crippen LogP contribution >= 0.6 is 0 Å². The lowest BCUT2D eigenvalue weighted by molar-refractivity contribution is 0.101. The van der Waals surface area contributed by atoms with Crippen LogP contribution in [0.15, 0.2) is 30.7 Å². The third-order valence-electron chi connectivity index (χ3n) is 3.94. The number of amides is 1. The van der Waals surface area contributed by atoms with Gasteiger partial charge in [-0.25, -0.2) is 13.8 Å². The van der Waals surface area contributed by atoms with Crippen molar-refractivity contribution < 1.29 is 18.3 Å². The Labute approximate surface area is 159 Å². The largest absolute Gasteiger partial charge is 0.383 e. The third-order valence-corrected chi connectivity index (χ3v) is 3.94. The molecule has 1 N–H and O–H groups in total. The fraction of sp³-hybridized carbons (Fsp3) is 0.353. The van der Waals surface area contributed by atoms with Crippen LogP contribution in [0.1, 0.15) is 29.4 Å². The van der Waals surface area contributed by atoms with Gasteiger partial charge >= 0.3 is 0 Å². The van der Waals surface area contributed by atoms with Gasteiger partial charge in [-0.1, -0.05) is 6.07 Å². The van der Waals surface area contributed by atoms with Gasteiger partial charge in [0.05, 0.1) is 18.7 Å². The zero-order chi connectivity index (χ0) is 20.1. The van der Waals surface area contributed by atoms with Crippen molar-refractivity contribution in [2.24, 2.45) is 0 Å². The average Bonchev–Trinajstić information content (AvgIpc) is 3.33. The first-order valence-corrected chi connectivity index (χ1v) is 8.54. The maximum Gasteiger partial charge on any atom is 0.282 e. The van der Waals surface area contributed by atoms with E-state index in [2.05, 4.69) is 25.6 Å². The maximum atomic E-state index is 13.3. The molecule has 0 aromatic carbocycles. The fourth-order valence-corrected chi connectivity index (χ4v) is 2.57. The van der Waals surface area contributed by atoms with E-state index in [1.807, 2.05) is 6.92 Å². The minimum atomic E-state index is -2.88. The summed E-state index contributed by atoms with van der Waals surface area (Å²) in [4.78, 5) is 16.9. The number of carbonyl (C=O) groups excluding carboxylic acids is 1. The number of ether oxygens (including phenoxy) is 1. The first-order valence-electron chi connectivity index (χ1n) is 8.54. The number of nitrogens with zero attached hydrogens (tertiary/aromatic N) is 6. The second-order valence-corrected chi connectivity index (χ2v) is 5.79. The molecule has 0 saturated heterocycles. The smallest absolute Gasteiger partial charge is 0.282 e. The summed E-state index contributed by atoms with van der Waals surface area (Å²) < 4.78 is 34.5. The summed E-state index contributed by atoms with van der Waals surface area (Å²) in [5, 5.41) is 14.2. The molecule has 3 aromatic rings. The predicted octanol–water partition coefficient (Wildman–Crippen LogP) is 2.39. The highest BCUT2D eigenvalue weighted by atomic mass is 19.3. The van der Waals surface area contributed by atoms with Gasteiger partial charge in [-0.3, -0.25) is 9.48 Å². The minimum Gasteiger partial charge on any atom is -0.383 e. The van der Waals surface area contributed by atoms with Gasteiger partial charge in [0.25, 0.3) is 12.3 Å². The zero-order valence-electron chi connectivity index (χ0n) is 15.3. The Balaban J connectivity index is 1.83. The molecule has 3 rings (SSSR count). The third kappa shape index (κ3) is 4.19. The molecule has 0 fully saturated rings. The van der Waals surface area contributed by atoms with Crippen LogP contribution in [-0.4, -0.2) is 49.2 Å². The lowest BCUT2D eigenvalue weighted by Crippen LogP contribution is -2.14. The lowest BCUT2D eigenvalue weighted by Gasteiger charge is -2.07. The van der Waals surface area contributed by atoms with Gasteiger partial charge in [0.1, 0.15) is 23.5 Å². The molecule has 0 aliphatic rings. The van der Waals surface area contributed by atoms with Crippen LogP contribution in [0.25, 0.3) is 11.5 Å². The van der Waals surface area contributed by atoms with Gasteiger partial charge < -0.3 is 14.6 Å². The molecule has 11 heteroatoms. The van der Waals surface area contributed by atoms with E-state index in [4.69, 9.17) is 4.74 Å². The van der Waals surface area contributed by atoms with E-state index in [0.29, 0.717) is 18.1 Å². The van der Waals surface area contributed by atoms with Crippen molar-refractivity contribution in [2.75, 3.05) is 19.0 Å². The summed E-state index contributed by atoms with van der Waals surface area (Å²) in [6, 6.07) is 4.97. The number of rotatable bonds is 8. The standard InChI is InChI=1S/C17H19F2N7O2/c1-3-25-10-20-23-16(25)12-5-4-6-13(21-12)22-17(27)11-9-26(7-8-28-2)24-14(11)15(18)19/h4-6,9-10,15H,3,7-8H2,1-2H3,(H,21,22,27). The van der Waals surface area contributed by atoms with Crippen LogP contribution < -0.4 is 5.32 Å². The van der Waals surface area contributed by atoms with Crippen molar-refractivity contribution in [1.82, 2.24) is 29.5 Å². The Morgan fingerprint density at radius 1 is 1.36 bits per heavy atom. The molecule has 0 atom stereocenters. The van der Waals surface area contributed by atoms with Crippen molar-refractivity contribution in [1.29, 1.82) is 0 Å². The van der Waals surface area contributed by atoms with Crippen LogP contribution in [0.3, 0.4) is 0 Å². The number of carbonyl (C=O) groups is 1. The number of hydrogen-bond acceptors (Lipinski definition) is 6. The molecule has 0 radical (unpaired) electrons. The van der Waals surface area contributed by atoms with Gasteiger partial charge in [-0.05, 0) is 19.1 Å². The molecule has 0 aliphatic carbocycles. The quantitative estimate of drug-likeness (QED) is 0.633. The van der Waals surface area contributed by atoms with Crippen molar-refractivity contribution in [3.63, 3.8) is 0 Å². The van der Waals surface area contributed by atoms with E-state index >= 15 is 0 Å². The highest BCUT2D eigenvalue weighted by Gasteiger charge is 2.23. The van der Waals surface area contributed by atoms with Crippen molar-refractivity contribution >= 4 is 11.7 Å². The highest BCUT2D eigenvalue weighted by molar-refractivity contribution is 6.04. The number of aryl methyl sites for hydroxylation is 1. The summed E-state index contributed by atoms with van der Waals surface area (Å²) in [6.45, 7) is 3.13. The summed E-state index contributed by atoms with van der Waals surface area (Å²) in [6.07, 6.45) is -0.0362. The molecule has 148 valence electrons. The predicted molar refractivity (Wildman–Crippen MR) is 95.9 cm³/mol. The van der Waals surface area contributed by atoms with E-state index in [0.717, 1.165) is 0 Å². The summed E-state index contributed by atoms with van der Waals surface area (Å²) in [5.41, 5.74) is -0.299. The fourth-order valence-electron chi connectivity index (χ4n) is 2.57. The zero-order valence-corrected chi connectivity index (χ0v) is 15.3. The number of halogens is 2. The van der Waals surface area contributed by atoms with E-state index in [1.54, 1.807) is 29.1 Å². The second-order valence-electron chi connectivity index (χ2n) is 5.79. The van der Waals surface area contributed by atoms with Crippen molar-refractivity contribution in [2.45, 2.75) is 26.4 Å². The van der Waals surface area contributed by atoms with Gasteiger partial charge in [0.2, 0.25) is 0 Å². The normalized spacial score (nSPS) is 11.2. The van der Waals surface area contributed by atoms with Crippen LogP contribution in [0.2, 0.25) is 0 Å². The Hall–Kier alpha value is -3.21. The van der Waals surface area contributed by atoms with Crippen molar-refractivity contribution in [3.05, 3.63) is 42.0 Å². The lowest BCUT2D eigenvalue weighted by atomic mass is 10.2. The molecule has 0 bridgehead atoms. The number of aromatic nitrogens is 6. The first-order chi connectivity index (χ1) is 13.5. The number of alkyl halides is 2. The molecule has 0 spiro atoms. The molecule has 0 saturated carbocycles. The molecule has 3 aromatic heterocycles. The monoisotopic (exact) mass is 391 g/mol. The Bertz CT molecular complexity index is 955. The topological polar surface area (TPSA) is 99.8 Å². The van der Waals surface area contributed by atoms with E-state index in [9.17, 15) is 13.6 Å². The Morgan fingerprint density at radius 3 is 2.89 bits per heavy atom. The van der Waals surface area contributed by atoms with Crippen LogP contribution in [-0.2, 0) is 17.8 Å². The Morgan fingerprint density at radius 2 is 2.18 bits per heavy atom. The number of hydrogen-bond donors (Lipinski definition) is 1. The molecule has 0 unspecified atom stereocenters. The van der Waals surface area contributed by atoms with Crippen LogP contribution in [0.4, 0.5) is 14.6 Å². The summed E-state index contributed by atoms with van der Waals surface area (Å²) in [5.74, 6) is 0.0258. The van der Waals surface area contributed by atoms with Crippen LogP contribution in [0, 0.1) is 0 Å². The average molecular weight is 391 g/mol.